The van der Waals surface area contributed by atoms with E-state index in [1.165, 1.54) is 12.8 Å². The molecule has 1 aliphatic heterocycles. The highest BCUT2D eigenvalue weighted by molar-refractivity contribution is 5.39. The quantitative estimate of drug-likeness (QED) is 0.923. The van der Waals surface area contributed by atoms with Gasteiger partial charge in [-0.1, -0.05) is 0 Å². The van der Waals surface area contributed by atoms with Crippen LogP contribution in [0.15, 0.2) is 31.0 Å². The third kappa shape index (κ3) is 3.26. The lowest BCUT2D eigenvalue weighted by Crippen LogP contribution is -2.37. The Bertz CT molecular complexity index is 573. The molecule has 1 fully saturated rings. The van der Waals surface area contributed by atoms with Crippen LogP contribution in [0.4, 0.5) is 11.6 Å². The van der Waals surface area contributed by atoms with Gasteiger partial charge in [0.1, 0.15) is 11.6 Å². The number of nitrogens with one attached hydrogen (secondary N) is 1. The van der Waals surface area contributed by atoms with Crippen LogP contribution in [0.2, 0.25) is 0 Å². The summed E-state index contributed by atoms with van der Waals surface area (Å²) in [6.07, 6.45) is 12.1. The molecule has 1 N–H and O–H groups in total. The van der Waals surface area contributed by atoms with Crippen molar-refractivity contribution in [3.05, 3.63) is 36.7 Å². The van der Waals surface area contributed by atoms with Crippen molar-refractivity contribution >= 4 is 11.6 Å². The van der Waals surface area contributed by atoms with Gasteiger partial charge in [-0.3, -0.25) is 9.97 Å². The molecule has 0 aliphatic carbocycles. The first-order valence-corrected chi connectivity index (χ1v) is 7.35. The second-order valence-electron chi connectivity index (χ2n) is 5.32. The van der Waals surface area contributed by atoms with E-state index in [0.717, 1.165) is 36.8 Å². The predicted molar refractivity (Wildman–Crippen MR) is 82.3 cm³/mol. The lowest BCUT2D eigenvalue weighted by atomic mass is 9.93. The van der Waals surface area contributed by atoms with E-state index in [2.05, 4.69) is 30.2 Å². The number of hydrogen-bond acceptors (Lipinski definition) is 6. The molecule has 0 amide bonds. The summed E-state index contributed by atoms with van der Waals surface area (Å²) in [6, 6.07) is 0. The Kier molecular flexibility index (Phi) is 4.23. The van der Waals surface area contributed by atoms with Gasteiger partial charge in [-0.05, 0) is 25.2 Å². The predicted octanol–water partition coefficient (Wildman–Crippen LogP) is 1.77. The van der Waals surface area contributed by atoms with Crippen LogP contribution < -0.4 is 10.2 Å². The summed E-state index contributed by atoms with van der Waals surface area (Å²) in [7, 11) is 1.89. The lowest BCUT2D eigenvalue weighted by molar-refractivity contribution is 0.408. The van der Waals surface area contributed by atoms with E-state index in [0.29, 0.717) is 5.92 Å². The van der Waals surface area contributed by atoms with E-state index in [4.69, 9.17) is 0 Å². The highest BCUT2D eigenvalue weighted by Crippen LogP contribution is 2.24. The average molecular weight is 284 g/mol. The SMILES string of the molecule is CNc1nccnc1CC1CCCN(c2cnccn2)C1. The summed E-state index contributed by atoms with van der Waals surface area (Å²) in [5.74, 6) is 2.42. The van der Waals surface area contributed by atoms with Crippen LogP contribution in [-0.2, 0) is 6.42 Å². The normalized spacial score (nSPS) is 18.5. The fourth-order valence-electron chi connectivity index (χ4n) is 2.89. The smallest absolute Gasteiger partial charge is 0.147 e. The molecule has 1 saturated heterocycles. The minimum Gasteiger partial charge on any atom is -0.372 e. The first kappa shape index (κ1) is 13.7. The van der Waals surface area contributed by atoms with Crippen molar-refractivity contribution in [1.82, 2.24) is 19.9 Å². The fourth-order valence-corrected chi connectivity index (χ4v) is 2.89. The molecule has 3 heterocycles. The van der Waals surface area contributed by atoms with Crippen molar-refractivity contribution in [3.63, 3.8) is 0 Å². The molecule has 0 saturated carbocycles. The minimum atomic E-state index is 0.574. The summed E-state index contributed by atoms with van der Waals surface area (Å²) >= 11 is 0. The van der Waals surface area contributed by atoms with Crippen LogP contribution in [0.1, 0.15) is 18.5 Å². The molecule has 1 unspecified atom stereocenters. The number of hydrogen-bond donors (Lipinski definition) is 1. The first-order chi connectivity index (χ1) is 10.4. The number of anilines is 2. The van der Waals surface area contributed by atoms with Gasteiger partial charge >= 0.3 is 0 Å². The first-order valence-electron chi connectivity index (χ1n) is 7.35. The molecule has 1 aliphatic rings. The highest BCUT2D eigenvalue weighted by atomic mass is 15.2. The van der Waals surface area contributed by atoms with Gasteiger partial charge in [0.05, 0.1) is 11.9 Å². The zero-order valence-electron chi connectivity index (χ0n) is 12.2. The molecule has 0 aromatic carbocycles. The maximum absolute atomic E-state index is 4.47. The summed E-state index contributed by atoms with van der Waals surface area (Å²) in [5, 5.41) is 3.12. The molecule has 2 aromatic heterocycles. The monoisotopic (exact) mass is 284 g/mol. The topological polar surface area (TPSA) is 66.8 Å². The Balaban J connectivity index is 1.69. The average Bonchev–Trinajstić information content (AvgIpc) is 2.56. The van der Waals surface area contributed by atoms with Gasteiger partial charge in [0.15, 0.2) is 0 Å². The summed E-state index contributed by atoms with van der Waals surface area (Å²) in [6.45, 7) is 2.05. The van der Waals surface area contributed by atoms with E-state index in [-0.39, 0.29) is 0 Å². The summed E-state index contributed by atoms with van der Waals surface area (Å²) < 4.78 is 0. The third-order valence-electron chi connectivity index (χ3n) is 3.89. The van der Waals surface area contributed by atoms with Crippen LogP contribution in [0.5, 0.6) is 0 Å². The molecule has 6 nitrogen and oxygen atoms in total. The summed E-state index contributed by atoms with van der Waals surface area (Å²) in [5.41, 5.74) is 1.05. The Morgan fingerprint density at radius 1 is 1.19 bits per heavy atom. The van der Waals surface area contributed by atoms with Gasteiger partial charge in [-0.2, -0.15) is 0 Å². The molecule has 3 rings (SSSR count). The maximum Gasteiger partial charge on any atom is 0.147 e. The molecule has 21 heavy (non-hydrogen) atoms. The van der Waals surface area contributed by atoms with Crippen molar-refractivity contribution < 1.29 is 0 Å². The molecular weight excluding hydrogens is 264 g/mol. The largest absolute Gasteiger partial charge is 0.372 e. The fraction of sp³-hybridized carbons (Fsp3) is 0.467. The van der Waals surface area contributed by atoms with Gasteiger partial charge in [-0.25, -0.2) is 9.97 Å². The molecule has 0 spiro atoms. The van der Waals surface area contributed by atoms with Crippen LogP contribution in [0.25, 0.3) is 0 Å². The Morgan fingerprint density at radius 3 is 2.86 bits per heavy atom. The second-order valence-corrected chi connectivity index (χ2v) is 5.32. The van der Waals surface area contributed by atoms with Crippen LogP contribution >= 0.6 is 0 Å². The number of rotatable bonds is 4. The van der Waals surface area contributed by atoms with Gasteiger partial charge in [0, 0.05) is 44.9 Å². The van der Waals surface area contributed by atoms with E-state index in [1.54, 1.807) is 24.8 Å². The second kappa shape index (κ2) is 6.47. The zero-order chi connectivity index (χ0) is 14.5. The molecule has 0 bridgehead atoms. The van der Waals surface area contributed by atoms with E-state index < -0.39 is 0 Å². The zero-order valence-corrected chi connectivity index (χ0v) is 12.2. The number of piperidine rings is 1. The van der Waals surface area contributed by atoms with Gasteiger partial charge in [-0.15, -0.1) is 0 Å². The van der Waals surface area contributed by atoms with Crippen LogP contribution in [-0.4, -0.2) is 40.1 Å². The standard InChI is InChI=1S/C15H20N6/c1-16-15-13(18-6-7-20-15)9-12-3-2-8-21(11-12)14-10-17-4-5-19-14/h4-7,10,12H,2-3,8-9,11H2,1H3,(H,16,20). The Hall–Kier alpha value is -2.24. The number of aromatic nitrogens is 4. The molecule has 110 valence electrons. The van der Waals surface area contributed by atoms with Gasteiger partial charge in [0.2, 0.25) is 0 Å². The van der Waals surface area contributed by atoms with Crippen molar-refractivity contribution in [2.45, 2.75) is 19.3 Å². The van der Waals surface area contributed by atoms with E-state index in [9.17, 15) is 0 Å². The molecule has 6 heteroatoms. The molecule has 1 atom stereocenters. The van der Waals surface area contributed by atoms with Crippen molar-refractivity contribution in [3.8, 4) is 0 Å². The van der Waals surface area contributed by atoms with Crippen molar-refractivity contribution in [1.29, 1.82) is 0 Å². The van der Waals surface area contributed by atoms with Crippen LogP contribution in [0, 0.1) is 5.92 Å². The number of nitrogens with zero attached hydrogens (tertiary/aromatic N) is 5. The van der Waals surface area contributed by atoms with Gasteiger partial charge in [0.25, 0.3) is 0 Å². The van der Waals surface area contributed by atoms with Crippen molar-refractivity contribution in [2.24, 2.45) is 5.92 Å². The van der Waals surface area contributed by atoms with E-state index >= 15 is 0 Å². The van der Waals surface area contributed by atoms with Crippen LogP contribution in [0.3, 0.4) is 0 Å². The highest BCUT2D eigenvalue weighted by Gasteiger charge is 2.22. The maximum atomic E-state index is 4.47. The minimum absolute atomic E-state index is 0.574. The Labute approximate surface area is 124 Å². The van der Waals surface area contributed by atoms with Crippen molar-refractivity contribution in [2.75, 3.05) is 30.4 Å². The lowest BCUT2D eigenvalue weighted by Gasteiger charge is -2.33. The molecule has 0 radical (unpaired) electrons. The summed E-state index contributed by atoms with van der Waals surface area (Å²) in [4.78, 5) is 19.7. The Morgan fingerprint density at radius 2 is 2.05 bits per heavy atom. The molecule has 2 aromatic rings. The third-order valence-corrected chi connectivity index (χ3v) is 3.89. The molecular formula is C15H20N6. The van der Waals surface area contributed by atoms with Gasteiger partial charge < -0.3 is 10.2 Å². The van der Waals surface area contributed by atoms with E-state index in [1.807, 2.05) is 13.2 Å².